The third-order valence-electron chi connectivity index (χ3n) is 5.44. The first kappa shape index (κ1) is 28.1. The normalized spacial score (nSPS) is 11.6. The summed E-state index contributed by atoms with van der Waals surface area (Å²) in [6.45, 7) is 5.24. The van der Waals surface area contributed by atoms with Gasteiger partial charge in [-0.3, -0.25) is 0 Å². The van der Waals surface area contributed by atoms with Crippen LogP contribution < -0.4 is 9.47 Å². The smallest absolute Gasteiger partial charge is 0.415 e. The number of benzene rings is 2. The number of aliphatic carboxylic acids is 1. The molecule has 0 spiro atoms. The molecule has 1 atom stereocenters. The van der Waals surface area contributed by atoms with Gasteiger partial charge in [-0.2, -0.15) is 0 Å². The summed E-state index contributed by atoms with van der Waals surface area (Å²) in [5.74, 6) is -1.09. The van der Waals surface area contributed by atoms with Crippen LogP contribution in [-0.4, -0.2) is 54.5 Å². The molecule has 8 heteroatoms. The molecule has 1 unspecified atom stereocenters. The minimum atomic E-state index is -0.996. The highest BCUT2D eigenvalue weighted by molar-refractivity contribution is 5.72. The maximum absolute atomic E-state index is 13.9. The Morgan fingerprint density at radius 3 is 2.34 bits per heavy atom. The molecule has 7 nitrogen and oxygen atoms in total. The first-order valence-corrected chi connectivity index (χ1v) is 12.2. The maximum Gasteiger partial charge on any atom is 0.415 e. The molecule has 1 amide bonds. The molecule has 0 aliphatic carbocycles. The molecule has 2 aromatic carbocycles. The van der Waals surface area contributed by atoms with Crippen molar-refractivity contribution in [3.05, 3.63) is 59.9 Å². The zero-order chi connectivity index (χ0) is 25.5. The van der Waals surface area contributed by atoms with Crippen molar-refractivity contribution in [1.29, 1.82) is 0 Å². The van der Waals surface area contributed by atoms with Crippen LogP contribution >= 0.6 is 0 Å². The number of para-hydroxylation sites is 1. The van der Waals surface area contributed by atoms with Crippen LogP contribution in [0.5, 0.6) is 11.5 Å². The van der Waals surface area contributed by atoms with Gasteiger partial charge in [0, 0.05) is 19.6 Å². The lowest BCUT2D eigenvalue weighted by Gasteiger charge is -2.22. The summed E-state index contributed by atoms with van der Waals surface area (Å²) in [5.41, 5.74) is 0.820. The summed E-state index contributed by atoms with van der Waals surface area (Å²) in [6, 6.07) is 12.9. The summed E-state index contributed by atoms with van der Waals surface area (Å²) < 4.78 is 30.2. The molecule has 2 rings (SSSR count). The highest BCUT2D eigenvalue weighted by Gasteiger charge is 2.19. The third kappa shape index (κ3) is 10.3. The van der Waals surface area contributed by atoms with Gasteiger partial charge < -0.3 is 24.2 Å². The number of nitrogens with zero attached hydrogens (tertiary/aromatic N) is 1. The van der Waals surface area contributed by atoms with Gasteiger partial charge in [-0.05, 0) is 43.2 Å². The summed E-state index contributed by atoms with van der Waals surface area (Å²) in [7, 11) is 0. The number of carboxylic acids is 1. The van der Waals surface area contributed by atoms with E-state index in [0.29, 0.717) is 18.9 Å². The molecule has 1 N–H and O–H groups in total. The average molecular weight is 490 g/mol. The predicted octanol–water partition coefficient (Wildman–Crippen LogP) is 5.71. The summed E-state index contributed by atoms with van der Waals surface area (Å²) in [5, 5.41) is 9.23. The average Bonchev–Trinajstić information content (AvgIpc) is 2.84. The van der Waals surface area contributed by atoms with Gasteiger partial charge in [0.05, 0.1) is 6.54 Å². The number of rotatable bonds is 16. The van der Waals surface area contributed by atoms with Crippen LogP contribution in [0.4, 0.5) is 9.18 Å². The Labute approximate surface area is 206 Å². The van der Waals surface area contributed by atoms with Crippen LogP contribution in [0.15, 0.2) is 48.5 Å². The molecule has 0 radical (unpaired) electrons. The van der Waals surface area contributed by atoms with E-state index in [2.05, 4.69) is 6.92 Å². The molecular weight excluding hydrogens is 453 g/mol. The fraction of sp³-hybridized carbons (Fsp3) is 0.481. The number of ether oxygens (including phenoxy) is 3. The van der Waals surface area contributed by atoms with Crippen LogP contribution in [0.25, 0.3) is 0 Å². The summed E-state index contributed by atoms with van der Waals surface area (Å²) >= 11 is 0. The standard InChI is InChI=1S/C27H36FNO6/c1-3-5-6-7-10-17-29(27(32)35-24-12-9-8-11-23(24)28)18-19-34-22-15-13-21(14-16-22)20-25(26(30)31)33-4-2/h8-9,11-16,25H,3-7,10,17-20H2,1-2H3,(H,30,31). The van der Waals surface area contributed by atoms with Crippen molar-refractivity contribution in [3.63, 3.8) is 0 Å². The van der Waals surface area contributed by atoms with Crippen LogP contribution in [0.2, 0.25) is 0 Å². The molecular formula is C27H36FNO6. The molecule has 0 saturated heterocycles. The van der Waals surface area contributed by atoms with Crippen molar-refractivity contribution in [1.82, 2.24) is 4.90 Å². The second-order valence-corrected chi connectivity index (χ2v) is 8.18. The molecule has 35 heavy (non-hydrogen) atoms. The maximum atomic E-state index is 13.9. The van der Waals surface area contributed by atoms with E-state index in [9.17, 15) is 19.1 Å². The van der Waals surface area contributed by atoms with Crippen LogP contribution in [0.1, 0.15) is 51.5 Å². The molecule has 192 valence electrons. The predicted molar refractivity (Wildman–Crippen MR) is 131 cm³/mol. The largest absolute Gasteiger partial charge is 0.492 e. The van der Waals surface area contributed by atoms with Gasteiger partial charge in [0.2, 0.25) is 0 Å². The summed E-state index contributed by atoms with van der Waals surface area (Å²) in [6.07, 6.45) is 3.96. The molecule has 0 heterocycles. The number of hydrogen-bond donors (Lipinski definition) is 1. The van der Waals surface area contributed by atoms with E-state index in [4.69, 9.17) is 14.2 Å². The van der Waals surface area contributed by atoms with Gasteiger partial charge in [-0.25, -0.2) is 14.0 Å². The first-order valence-electron chi connectivity index (χ1n) is 12.2. The quantitative estimate of drug-likeness (QED) is 0.304. The molecule has 0 aliphatic heterocycles. The lowest BCUT2D eigenvalue weighted by Crippen LogP contribution is -2.37. The van der Waals surface area contributed by atoms with E-state index in [1.807, 2.05) is 0 Å². The minimum Gasteiger partial charge on any atom is -0.492 e. The van der Waals surface area contributed by atoms with Gasteiger partial charge in [0.25, 0.3) is 0 Å². The van der Waals surface area contributed by atoms with E-state index < -0.39 is 24.0 Å². The second kappa shape index (κ2) is 15.7. The molecule has 0 bridgehead atoms. The molecule has 0 saturated carbocycles. The lowest BCUT2D eigenvalue weighted by molar-refractivity contribution is -0.149. The molecule has 0 fully saturated rings. The van der Waals surface area contributed by atoms with E-state index in [0.717, 1.165) is 37.7 Å². The zero-order valence-electron chi connectivity index (χ0n) is 20.6. The van der Waals surface area contributed by atoms with Gasteiger partial charge in [-0.15, -0.1) is 0 Å². The number of carboxylic acid groups (broad SMARTS) is 1. The van der Waals surface area contributed by atoms with Crippen molar-refractivity contribution in [3.8, 4) is 11.5 Å². The number of halogens is 1. The molecule has 0 aromatic heterocycles. The Morgan fingerprint density at radius 2 is 1.69 bits per heavy atom. The Kier molecular flexibility index (Phi) is 12.6. The Balaban J connectivity index is 1.91. The van der Waals surface area contributed by atoms with Gasteiger partial charge in [-0.1, -0.05) is 56.9 Å². The van der Waals surface area contributed by atoms with Crippen molar-refractivity contribution in [2.24, 2.45) is 0 Å². The van der Waals surface area contributed by atoms with Crippen molar-refractivity contribution < 1.29 is 33.3 Å². The minimum absolute atomic E-state index is 0.100. The summed E-state index contributed by atoms with van der Waals surface area (Å²) in [4.78, 5) is 25.5. The molecule has 0 aliphatic rings. The van der Waals surface area contributed by atoms with Gasteiger partial charge >= 0.3 is 12.1 Å². The Hall–Kier alpha value is -3.13. The van der Waals surface area contributed by atoms with Crippen molar-refractivity contribution >= 4 is 12.1 Å². The highest BCUT2D eigenvalue weighted by atomic mass is 19.1. The van der Waals surface area contributed by atoms with Crippen LogP contribution in [0, 0.1) is 5.82 Å². The van der Waals surface area contributed by atoms with Crippen LogP contribution in [0.3, 0.4) is 0 Å². The first-order chi connectivity index (χ1) is 16.9. The van der Waals surface area contributed by atoms with Crippen molar-refractivity contribution in [2.75, 3.05) is 26.3 Å². The number of carbonyl (C=O) groups is 2. The van der Waals surface area contributed by atoms with Gasteiger partial charge in [0.15, 0.2) is 17.7 Å². The fourth-order valence-corrected chi connectivity index (χ4v) is 3.51. The highest BCUT2D eigenvalue weighted by Crippen LogP contribution is 2.18. The van der Waals surface area contributed by atoms with E-state index >= 15 is 0 Å². The fourth-order valence-electron chi connectivity index (χ4n) is 3.51. The Morgan fingerprint density at radius 1 is 0.971 bits per heavy atom. The topological polar surface area (TPSA) is 85.3 Å². The number of carbonyl (C=O) groups excluding carboxylic acids is 1. The van der Waals surface area contributed by atoms with E-state index in [1.165, 1.54) is 23.1 Å². The monoisotopic (exact) mass is 489 g/mol. The lowest BCUT2D eigenvalue weighted by atomic mass is 10.1. The van der Waals surface area contributed by atoms with E-state index in [-0.39, 0.29) is 25.3 Å². The number of amides is 1. The second-order valence-electron chi connectivity index (χ2n) is 8.18. The van der Waals surface area contributed by atoms with Crippen molar-refractivity contribution in [2.45, 2.75) is 58.5 Å². The Bertz CT molecular complexity index is 905. The van der Waals surface area contributed by atoms with Gasteiger partial charge in [0.1, 0.15) is 12.4 Å². The zero-order valence-corrected chi connectivity index (χ0v) is 20.6. The third-order valence-corrected chi connectivity index (χ3v) is 5.44. The molecule has 2 aromatic rings. The van der Waals surface area contributed by atoms with Crippen LogP contribution in [-0.2, 0) is 16.0 Å². The number of unbranched alkanes of at least 4 members (excludes halogenated alkanes) is 4. The SMILES string of the molecule is CCCCCCCN(CCOc1ccc(CC(OCC)C(=O)O)cc1)C(=O)Oc1ccccc1F. The van der Waals surface area contributed by atoms with E-state index in [1.54, 1.807) is 37.3 Å². The number of hydrogen-bond acceptors (Lipinski definition) is 5.